The molecule has 7 heteroatoms. The average Bonchev–Trinajstić information content (AvgIpc) is 2.78. The largest absolute Gasteiger partial charge is 0.399 e. The molecule has 0 spiro atoms. The number of imide groups is 1. The van der Waals surface area contributed by atoms with Crippen molar-refractivity contribution < 1.29 is 9.59 Å². The first-order valence-corrected chi connectivity index (χ1v) is 8.56. The van der Waals surface area contributed by atoms with Gasteiger partial charge in [-0.25, -0.2) is 0 Å². The van der Waals surface area contributed by atoms with Crippen molar-refractivity contribution in [3.63, 3.8) is 0 Å². The van der Waals surface area contributed by atoms with Gasteiger partial charge in [-0.1, -0.05) is 41.4 Å². The summed E-state index contributed by atoms with van der Waals surface area (Å²) < 4.78 is 0. The molecular weight excluding hydrogens is 367 g/mol. The average molecular weight is 379 g/mol. The molecule has 0 aliphatic carbocycles. The van der Waals surface area contributed by atoms with Crippen LogP contribution in [0.25, 0.3) is 6.08 Å². The van der Waals surface area contributed by atoms with E-state index in [4.69, 9.17) is 28.9 Å². The van der Waals surface area contributed by atoms with E-state index in [1.165, 1.54) is 4.90 Å². The highest BCUT2D eigenvalue weighted by molar-refractivity contribution is 8.18. The minimum atomic E-state index is -0.335. The first-order chi connectivity index (χ1) is 11.4. The Kier molecular flexibility index (Phi) is 4.85. The van der Waals surface area contributed by atoms with Crippen molar-refractivity contribution >= 4 is 57.9 Å². The number of amides is 2. The highest BCUT2D eigenvalue weighted by Gasteiger charge is 2.35. The number of anilines is 1. The SMILES string of the molecule is Nc1cccc(/C=C2\SC(=O)N(Cc3ccc(Cl)c(Cl)c3)C2=O)c1. The van der Waals surface area contributed by atoms with Crippen LogP contribution < -0.4 is 5.73 Å². The Morgan fingerprint density at radius 2 is 1.88 bits per heavy atom. The quantitative estimate of drug-likeness (QED) is 0.614. The molecule has 0 unspecified atom stereocenters. The number of nitrogens with zero attached hydrogens (tertiary/aromatic N) is 1. The van der Waals surface area contributed by atoms with Crippen molar-refractivity contribution in [2.24, 2.45) is 0 Å². The zero-order valence-corrected chi connectivity index (χ0v) is 14.7. The number of rotatable bonds is 3. The summed E-state index contributed by atoms with van der Waals surface area (Å²) in [7, 11) is 0. The summed E-state index contributed by atoms with van der Waals surface area (Å²) in [6.45, 7) is 0.149. The highest BCUT2D eigenvalue weighted by atomic mass is 35.5. The van der Waals surface area contributed by atoms with Gasteiger partial charge in [0, 0.05) is 5.69 Å². The first kappa shape index (κ1) is 16.9. The maximum Gasteiger partial charge on any atom is 0.293 e. The molecule has 2 aromatic carbocycles. The summed E-state index contributed by atoms with van der Waals surface area (Å²) in [5.74, 6) is -0.335. The summed E-state index contributed by atoms with van der Waals surface area (Å²) in [6.07, 6.45) is 1.66. The predicted octanol–water partition coefficient (Wildman–Crippen LogP) is 4.81. The normalized spacial score (nSPS) is 16.2. The molecule has 3 rings (SSSR count). The predicted molar refractivity (Wildman–Crippen MR) is 98.8 cm³/mol. The molecule has 0 radical (unpaired) electrons. The molecule has 122 valence electrons. The molecule has 0 atom stereocenters. The molecule has 2 aromatic rings. The zero-order chi connectivity index (χ0) is 17.3. The second kappa shape index (κ2) is 6.89. The van der Waals surface area contributed by atoms with Crippen LogP contribution in [0.2, 0.25) is 10.0 Å². The number of nitrogens with two attached hydrogens (primary N) is 1. The minimum absolute atomic E-state index is 0.149. The molecule has 4 nitrogen and oxygen atoms in total. The Balaban J connectivity index is 1.82. The molecule has 1 heterocycles. The fourth-order valence-corrected chi connectivity index (χ4v) is 3.42. The van der Waals surface area contributed by atoms with Crippen molar-refractivity contribution in [2.75, 3.05) is 5.73 Å². The molecular formula is C17H12Cl2N2O2S. The number of carbonyl (C=O) groups is 2. The topological polar surface area (TPSA) is 63.4 Å². The van der Waals surface area contributed by atoms with E-state index in [2.05, 4.69) is 0 Å². The molecule has 1 fully saturated rings. The van der Waals surface area contributed by atoms with E-state index >= 15 is 0 Å². The van der Waals surface area contributed by atoms with Crippen LogP contribution in [0.4, 0.5) is 10.5 Å². The first-order valence-electron chi connectivity index (χ1n) is 6.99. The van der Waals surface area contributed by atoms with Gasteiger partial charge in [0.1, 0.15) is 0 Å². The second-order valence-electron chi connectivity index (χ2n) is 5.19. The Morgan fingerprint density at radius 1 is 1.08 bits per heavy atom. The molecule has 0 aromatic heterocycles. The van der Waals surface area contributed by atoms with Crippen molar-refractivity contribution in [1.29, 1.82) is 0 Å². The molecule has 0 saturated carbocycles. The van der Waals surface area contributed by atoms with Crippen LogP contribution in [0.5, 0.6) is 0 Å². The lowest BCUT2D eigenvalue weighted by atomic mass is 10.2. The van der Waals surface area contributed by atoms with Gasteiger partial charge in [-0.3, -0.25) is 14.5 Å². The van der Waals surface area contributed by atoms with Crippen LogP contribution in [-0.4, -0.2) is 16.0 Å². The highest BCUT2D eigenvalue weighted by Crippen LogP contribution is 2.34. The van der Waals surface area contributed by atoms with Crippen molar-refractivity contribution in [2.45, 2.75) is 6.54 Å². The summed E-state index contributed by atoms with van der Waals surface area (Å²) in [6, 6.07) is 12.1. The number of halogens is 2. The molecule has 2 amide bonds. The maximum absolute atomic E-state index is 12.5. The van der Waals surface area contributed by atoms with Gasteiger partial charge in [-0.05, 0) is 53.2 Å². The Morgan fingerprint density at radius 3 is 2.58 bits per heavy atom. The Bertz CT molecular complexity index is 867. The Hall–Kier alpha value is -1.95. The van der Waals surface area contributed by atoms with E-state index in [0.29, 0.717) is 20.6 Å². The van der Waals surface area contributed by atoms with Crippen molar-refractivity contribution in [1.82, 2.24) is 4.90 Å². The van der Waals surface area contributed by atoms with Gasteiger partial charge in [0.05, 0.1) is 21.5 Å². The maximum atomic E-state index is 12.5. The Labute approximate surface area is 153 Å². The molecule has 24 heavy (non-hydrogen) atoms. The summed E-state index contributed by atoms with van der Waals surface area (Å²) in [4.78, 5) is 26.2. The van der Waals surface area contributed by atoms with Gasteiger partial charge >= 0.3 is 0 Å². The minimum Gasteiger partial charge on any atom is -0.399 e. The van der Waals surface area contributed by atoms with Crippen LogP contribution in [0.1, 0.15) is 11.1 Å². The van der Waals surface area contributed by atoms with Gasteiger partial charge in [0.25, 0.3) is 11.1 Å². The zero-order valence-electron chi connectivity index (χ0n) is 12.3. The van der Waals surface area contributed by atoms with Gasteiger partial charge < -0.3 is 5.73 Å². The number of thioether (sulfide) groups is 1. The number of nitrogen functional groups attached to an aromatic ring is 1. The molecule has 1 aliphatic rings. The number of carbonyl (C=O) groups excluding carboxylic acids is 2. The monoisotopic (exact) mass is 378 g/mol. The van der Waals surface area contributed by atoms with Gasteiger partial charge in [0.2, 0.25) is 0 Å². The standard InChI is InChI=1S/C17H12Cl2N2O2S/c18-13-5-4-11(7-14(13)19)9-21-16(22)15(24-17(21)23)8-10-2-1-3-12(20)6-10/h1-8H,9,20H2/b15-8-. The lowest BCUT2D eigenvalue weighted by molar-refractivity contribution is -0.123. The number of hydrogen-bond acceptors (Lipinski definition) is 4. The van der Waals surface area contributed by atoms with E-state index in [1.54, 1.807) is 42.5 Å². The van der Waals surface area contributed by atoms with E-state index < -0.39 is 0 Å². The van der Waals surface area contributed by atoms with Crippen LogP contribution in [0, 0.1) is 0 Å². The van der Waals surface area contributed by atoms with Gasteiger partial charge in [-0.2, -0.15) is 0 Å². The summed E-state index contributed by atoms with van der Waals surface area (Å²) >= 11 is 12.8. The lowest BCUT2D eigenvalue weighted by Crippen LogP contribution is -2.27. The van der Waals surface area contributed by atoms with Crippen LogP contribution >= 0.6 is 35.0 Å². The van der Waals surface area contributed by atoms with E-state index in [1.807, 2.05) is 6.07 Å². The fraction of sp³-hybridized carbons (Fsp3) is 0.0588. The third-order valence-electron chi connectivity index (χ3n) is 3.41. The van der Waals surface area contributed by atoms with Crippen LogP contribution in [-0.2, 0) is 11.3 Å². The van der Waals surface area contributed by atoms with Gasteiger partial charge in [-0.15, -0.1) is 0 Å². The van der Waals surface area contributed by atoms with E-state index in [0.717, 1.165) is 22.9 Å². The summed E-state index contributed by atoms with van der Waals surface area (Å²) in [5, 5.41) is 0.494. The smallest absolute Gasteiger partial charge is 0.293 e. The van der Waals surface area contributed by atoms with E-state index in [-0.39, 0.29) is 17.7 Å². The number of hydrogen-bond donors (Lipinski definition) is 1. The van der Waals surface area contributed by atoms with Gasteiger partial charge in [0.15, 0.2) is 0 Å². The molecule has 1 saturated heterocycles. The van der Waals surface area contributed by atoms with E-state index in [9.17, 15) is 9.59 Å². The second-order valence-corrected chi connectivity index (χ2v) is 6.99. The molecule has 1 aliphatic heterocycles. The summed E-state index contributed by atoms with van der Waals surface area (Å²) in [5.41, 5.74) is 7.83. The third kappa shape index (κ3) is 3.59. The van der Waals surface area contributed by atoms with Crippen LogP contribution in [0.3, 0.4) is 0 Å². The van der Waals surface area contributed by atoms with Crippen molar-refractivity contribution in [3.05, 3.63) is 68.5 Å². The third-order valence-corrected chi connectivity index (χ3v) is 5.05. The fourth-order valence-electron chi connectivity index (χ4n) is 2.26. The lowest BCUT2D eigenvalue weighted by Gasteiger charge is -2.12. The molecule has 0 bridgehead atoms. The number of benzene rings is 2. The molecule has 2 N–H and O–H groups in total. The van der Waals surface area contributed by atoms with Crippen molar-refractivity contribution in [3.8, 4) is 0 Å². The van der Waals surface area contributed by atoms with Crippen LogP contribution in [0.15, 0.2) is 47.4 Å².